The highest BCUT2D eigenvalue weighted by atomic mass is 32.1. The third kappa shape index (κ3) is 2.96. The number of hydrogen-bond donors (Lipinski definition) is 1. The molecule has 1 aliphatic heterocycles. The zero-order chi connectivity index (χ0) is 13.0. The van der Waals surface area contributed by atoms with E-state index >= 15 is 0 Å². The van der Waals surface area contributed by atoms with E-state index in [0.717, 1.165) is 44.6 Å². The zero-order valence-corrected chi connectivity index (χ0v) is 11.7. The molecule has 5 heteroatoms. The van der Waals surface area contributed by atoms with Gasteiger partial charge >= 0.3 is 0 Å². The molecule has 2 heterocycles. The van der Waals surface area contributed by atoms with Gasteiger partial charge in [-0.3, -0.25) is 4.90 Å². The SMILES string of the molecule is C=CCC1(CO)CCCN(Cc2snnc2C)C1. The summed E-state index contributed by atoms with van der Waals surface area (Å²) < 4.78 is 3.98. The van der Waals surface area contributed by atoms with E-state index in [1.54, 1.807) is 0 Å². The highest BCUT2D eigenvalue weighted by molar-refractivity contribution is 7.05. The summed E-state index contributed by atoms with van der Waals surface area (Å²) in [6.45, 7) is 9.00. The number of allylic oxidation sites excluding steroid dienone is 1. The number of aryl methyl sites for hydroxylation is 1. The number of aliphatic hydroxyl groups is 1. The molecule has 1 atom stereocenters. The molecular weight excluding hydrogens is 246 g/mol. The highest BCUT2D eigenvalue weighted by Crippen LogP contribution is 2.34. The smallest absolute Gasteiger partial charge is 0.0769 e. The predicted molar refractivity (Wildman–Crippen MR) is 73.5 cm³/mol. The lowest BCUT2D eigenvalue weighted by Crippen LogP contribution is -2.44. The van der Waals surface area contributed by atoms with E-state index in [-0.39, 0.29) is 12.0 Å². The molecule has 0 bridgehead atoms. The molecular formula is C13H21N3OS. The quantitative estimate of drug-likeness (QED) is 0.829. The van der Waals surface area contributed by atoms with Crippen LogP contribution < -0.4 is 0 Å². The Bertz CT molecular complexity index is 407. The van der Waals surface area contributed by atoms with Crippen molar-refractivity contribution >= 4 is 11.5 Å². The fourth-order valence-corrected chi connectivity index (χ4v) is 3.39. The fraction of sp³-hybridized carbons (Fsp3) is 0.692. The van der Waals surface area contributed by atoms with Crippen molar-refractivity contribution in [2.75, 3.05) is 19.7 Å². The normalized spacial score (nSPS) is 25.2. The number of aromatic nitrogens is 2. The molecule has 2 rings (SSSR count). The lowest BCUT2D eigenvalue weighted by molar-refractivity contribution is 0.0312. The van der Waals surface area contributed by atoms with Crippen LogP contribution in [0.2, 0.25) is 0 Å². The first kappa shape index (κ1) is 13.6. The van der Waals surface area contributed by atoms with Crippen LogP contribution in [0.15, 0.2) is 12.7 Å². The van der Waals surface area contributed by atoms with Gasteiger partial charge in [0.25, 0.3) is 0 Å². The second kappa shape index (κ2) is 5.91. The molecule has 0 radical (unpaired) electrons. The summed E-state index contributed by atoms with van der Waals surface area (Å²) in [6.07, 6.45) is 5.05. The summed E-state index contributed by atoms with van der Waals surface area (Å²) in [7, 11) is 0. The van der Waals surface area contributed by atoms with E-state index in [9.17, 15) is 5.11 Å². The lowest BCUT2D eigenvalue weighted by atomic mass is 9.78. The van der Waals surface area contributed by atoms with E-state index in [0.29, 0.717) is 0 Å². The largest absolute Gasteiger partial charge is 0.396 e. The molecule has 4 nitrogen and oxygen atoms in total. The molecule has 0 aromatic carbocycles. The Balaban J connectivity index is 2.02. The van der Waals surface area contributed by atoms with Crippen LogP contribution >= 0.6 is 11.5 Å². The summed E-state index contributed by atoms with van der Waals surface area (Å²) in [4.78, 5) is 3.65. The fourth-order valence-electron chi connectivity index (χ4n) is 2.71. The maximum absolute atomic E-state index is 9.67. The van der Waals surface area contributed by atoms with Crippen molar-refractivity contribution in [3.05, 3.63) is 23.2 Å². The van der Waals surface area contributed by atoms with Crippen LogP contribution in [0.25, 0.3) is 0 Å². The van der Waals surface area contributed by atoms with Gasteiger partial charge in [-0.25, -0.2) is 0 Å². The van der Waals surface area contributed by atoms with E-state index in [2.05, 4.69) is 21.1 Å². The number of nitrogens with zero attached hydrogens (tertiary/aromatic N) is 3. The molecule has 1 fully saturated rings. The van der Waals surface area contributed by atoms with Crippen molar-refractivity contribution in [1.82, 2.24) is 14.5 Å². The van der Waals surface area contributed by atoms with Gasteiger partial charge in [0.1, 0.15) is 0 Å². The maximum atomic E-state index is 9.67. The molecule has 18 heavy (non-hydrogen) atoms. The Labute approximate surface area is 112 Å². The van der Waals surface area contributed by atoms with E-state index < -0.39 is 0 Å². The van der Waals surface area contributed by atoms with Gasteiger partial charge in [0.05, 0.1) is 17.2 Å². The van der Waals surface area contributed by atoms with Gasteiger partial charge in [0.2, 0.25) is 0 Å². The topological polar surface area (TPSA) is 49.2 Å². The minimum atomic E-state index is 0.00597. The summed E-state index contributed by atoms with van der Waals surface area (Å²) in [5.41, 5.74) is 1.04. The highest BCUT2D eigenvalue weighted by Gasteiger charge is 2.34. The number of rotatable bonds is 5. The van der Waals surface area contributed by atoms with Gasteiger partial charge in [-0.05, 0) is 44.3 Å². The second-order valence-corrected chi connectivity index (χ2v) is 6.09. The van der Waals surface area contributed by atoms with E-state index in [1.807, 2.05) is 13.0 Å². The van der Waals surface area contributed by atoms with E-state index in [4.69, 9.17) is 0 Å². The van der Waals surface area contributed by atoms with Crippen LogP contribution in [0, 0.1) is 12.3 Å². The van der Waals surface area contributed by atoms with Crippen LogP contribution in [0.3, 0.4) is 0 Å². The zero-order valence-electron chi connectivity index (χ0n) is 10.9. The summed E-state index contributed by atoms with van der Waals surface area (Å²) in [6, 6.07) is 0. The molecule has 1 aliphatic rings. The first-order chi connectivity index (χ1) is 8.69. The van der Waals surface area contributed by atoms with Crippen molar-refractivity contribution < 1.29 is 5.11 Å². The van der Waals surface area contributed by atoms with Gasteiger partial charge in [0.15, 0.2) is 0 Å². The van der Waals surface area contributed by atoms with Crippen LogP contribution in [0.1, 0.15) is 29.8 Å². The van der Waals surface area contributed by atoms with Crippen molar-refractivity contribution in [3.63, 3.8) is 0 Å². The van der Waals surface area contributed by atoms with Crippen LogP contribution in [-0.2, 0) is 6.54 Å². The number of hydrogen-bond acceptors (Lipinski definition) is 5. The first-order valence-electron chi connectivity index (χ1n) is 6.41. The Hall–Kier alpha value is -0.780. The third-order valence-corrected chi connectivity index (χ3v) is 4.57. The Kier molecular flexibility index (Phi) is 4.48. The summed E-state index contributed by atoms with van der Waals surface area (Å²) >= 11 is 1.48. The average Bonchev–Trinajstić information content (AvgIpc) is 2.76. The molecule has 1 unspecified atom stereocenters. The van der Waals surface area contributed by atoms with Gasteiger partial charge in [-0.1, -0.05) is 10.6 Å². The minimum Gasteiger partial charge on any atom is -0.396 e. The van der Waals surface area contributed by atoms with Gasteiger partial charge in [0, 0.05) is 18.5 Å². The summed E-state index contributed by atoms with van der Waals surface area (Å²) in [5, 5.41) is 13.7. The van der Waals surface area contributed by atoms with Crippen LogP contribution in [0.5, 0.6) is 0 Å². The van der Waals surface area contributed by atoms with Gasteiger partial charge in [-0.2, -0.15) is 0 Å². The van der Waals surface area contributed by atoms with Crippen molar-refractivity contribution in [3.8, 4) is 0 Å². The molecule has 0 amide bonds. The monoisotopic (exact) mass is 267 g/mol. The van der Waals surface area contributed by atoms with Crippen LogP contribution in [-0.4, -0.2) is 39.3 Å². The Morgan fingerprint density at radius 1 is 1.61 bits per heavy atom. The predicted octanol–water partition coefficient (Wildman–Crippen LogP) is 2.00. The second-order valence-electron chi connectivity index (χ2n) is 5.25. The molecule has 100 valence electrons. The Morgan fingerprint density at radius 2 is 2.44 bits per heavy atom. The van der Waals surface area contributed by atoms with Crippen molar-refractivity contribution in [2.45, 2.75) is 32.7 Å². The molecule has 1 N–H and O–H groups in total. The minimum absolute atomic E-state index is 0.00597. The molecule has 1 aromatic rings. The van der Waals surface area contributed by atoms with Gasteiger partial charge in [-0.15, -0.1) is 11.7 Å². The van der Waals surface area contributed by atoms with E-state index in [1.165, 1.54) is 16.4 Å². The number of aliphatic hydroxyl groups excluding tert-OH is 1. The van der Waals surface area contributed by atoms with Crippen molar-refractivity contribution in [1.29, 1.82) is 0 Å². The molecule has 1 aromatic heterocycles. The molecule has 0 spiro atoms. The molecule has 1 saturated heterocycles. The molecule has 0 aliphatic carbocycles. The summed E-state index contributed by atoms with van der Waals surface area (Å²) in [5.74, 6) is 0. The van der Waals surface area contributed by atoms with Crippen LogP contribution in [0.4, 0.5) is 0 Å². The standard InChI is InChI=1S/C13H21N3OS/c1-3-5-13(10-17)6-4-7-16(9-13)8-12-11(2)14-15-18-12/h3,17H,1,4-10H2,2H3. The number of piperidine rings is 1. The number of likely N-dealkylation sites (tertiary alicyclic amines) is 1. The maximum Gasteiger partial charge on any atom is 0.0769 e. The van der Waals surface area contributed by atoms with Gasteiger partial charge < -0.3 is 5.11 Å². The Morgan fingerprint density at radius 3 is 3.06 bits per heavy atom. The first-order valence-corrected chi connectivity index (χ1v) is 7.18. The van der Waals surface area contributed by atoms with Crippen molar-refractivity contribution in [2.24, 2.45) is 5.41 Å². The lowest BCUT2D eigenvalue weighted by Gasteiger charge is -2.41. The third-order valence-electron chi connectivity index (χ3n) is 3.77. The molecule has 0 saturated carbocycles. The average molecular weight is 267 g/mol.